The highest BCUT2D eigenvalue weighted by molar-refractivity contribution is 5.76. The zero-order valence-electron chi connectivity index (χ0n) is 28.7. The first kappa shape index (κ1) is 35.0. The Balaban J connectivity index is 1.21. The number of aromatic amines is 1. The molecule has 2 atom stereocenters. The van der Waals surface area contributed by atoms with E-state index in [-0.39, 0.29) is 11.9 Å². The number of aromatic nitrogens is 4. The van der Waals surface area contributed by atoms with Crippen molar-refractivity contribution in [1.82, 2.24) is 30.2 Å². The largest absolute Gasteiger partial charge is 0.468 e. The number of ether oxygens (including phenoxy) is 2. The smallest absolute Gasteiger partial charge is 0.323 e. The van der Waals surface area contributed by atoms with Crippen molar-refractivity contribution in [3.63, 3.8) is 0 Å². The number of hydrogen-bond donors (Lipinski definition) is 3. The molecule has 6 rings (SSSR count). The molecular weight excluding hydrogens is 640 g/mol. The molecule has 0 saturated heterocycles. The average molecular weight is 683 g/mol. The normalized spacial score (nSPS) is 12.6. The van der Waals surface area contributed by atoms with Crippen molar-refractivity contribution in [2.45, 2.75) is 43.6 Å². The van der Waals surface area contributed by atoms with Gasteiger partial charge in [0.05, 0.1) is 32.6 Å². The lowest BCUT2D eigenvalue weighted by Gasteiger charge is -2.37. The predicted molar refractivity (Wildman–Crippen MR) is 195 cm³/mol. The lowest BCUT2D eigenvalue weighted by molar-refractivity contribution is -0.144. The summed E-state index contributed by atoms with van der Waals surface area (Å²) in [5.41, 5.74) is 6.10. The van der Waals surface area contributed by atoms with Crippen molar-refractivity contribution in [3.05, 3.63) is 180 Å². The second-order valence-corrected chi connectivity index (χ2v) is 12.3. The average Bonchev–Trinajstić information content (AvgIpc) is 3.89. The molecule has 0 aliphatic carbocycles. The minimum absolute atomic E-state index is 0.323. The minimum Gasteiger partial charge on any atom is -0.468 e. The van der Waals surface area contributed by atoms with Crippen LogP contribution in [0.15, 0.2) is 140 Å². The molecule has 51 heavy (non-hydrogen) atoms. The fourth-order valence-electron chi connectivity index (χ4n) is 6.56. The number of nitrogens with one attached hydrogen (secondary N) is 3. The quantitative estimate of drug-likeness (QED) is 0.0942. The van der Waals surface area contributed by atoms with E-state index in [0.29, 0.717) is 25.9 Å². The third-order valence-electron chi connectivity index (χ3n) is 9.06. The van der Waals surface area contributed by atoms with Gasteiger partial charge in [-0.2, -0.15) is 0 Å². The topological polar surface area (TPSA) is 123 Å². The van der Waals surface area contributed by atoms with Crippen LogP contribution in [0.25, 0.3) is 0 Å². The zero-order chi connectivity index (χ0) is 35.5. The number of benzene rings is 4. The summed E-state index contributed by atoms with van der Waals surface area (Å²) < 4.78 is 12.4. The van der Waals surface area contributed by atoms with Crippen LogP contribution in [0.1, 0.15) is 39.2 Å². The van der Waals surface area contributed by atoms with E-state index >= 15 is 0 Å². The third kappa shape index (κ3) is 8.15. The monoisotopic (exact) mass is 682 g/mol. The first-order chi connectivity index (χ1) is 25.0. The number of H-pyrrole nitrogens is 1. The summed E-state index contributed by atoms with van der Waals surface area (Å²) in [6, 6.07) is 38.0. The Kier molecular flexibility index (Phi) is 11.5. The third-order valence-corrected chi connectivity index (χ3v) is 9.06. The number of esters is 2. The highest BCUT2D eigenvalue weighted by atomic mass is 16.5. The molecule has 10 nitrogen and oxygen atoms in total. The lowest BCUT2D eigenvalue weighted by Crippen LogP contribution is -2.39. The van der Waals surface area contributed by atoms with Crippen LogP contribution in [0.2, 0.25) is 0 Å². The molecular formula is C41H42N6O4. The van der Waals surface area contributed by atoms with Crippen molar-refractivity contribution in [1.29, 1.82) is 0 Å². The molecule has 0 amide bonds. The van der Waals surface area contributed by atoms with Gasteiger partial charge in [0.1, 0.15) is 17.6 Å². The van der Waals surface area contributed by atoms with E-state index in [1.54, 1.807) is 12.5 Å². The molecule has 10 heteroatoms. The fourth-order valence-corrected chi connectivity index (χ4v) is 6.56. The number of carbonyl (C=O) groups excluding carboxylic acids is 2. The van der Waals surface area contributed by atoms with Crippen LogP contribution in [0.5, 0.6) is 0 Å². The van der Waals surface area contributed by atoms with Crippen LogP contribution in [0.4, 0.5) is 0 Å². The maximum absolute atomic E-state index is 13.1. The minimum atomic E-state index is -0.705. The van der Waals surface area contributed by atoms with E-state index in [0.717, 1.165) is 39.2 Å². The van der Waals surface area contributed by atoms with Crippen LogP contribution in [0.3, 0.4) is 0 Å². The Hall–Kier alpha value is -5.84. The van der Waals surface area contributed by atoms with E-state index in [2.05, 4.69) is 98.0 Å². The fraction of sp³-hybridized carbons (Fsp3) is 0.220. The Morgan fingerprint density at radius 1 is 0.725 bits per heavy atom. The van der Waals surface area contributed by atoms with E-state index in [1.165, 1.54) is 14.2 Å². The molecule has 6 aromatic rings. The standard InChI is InChI=1S/C41H42N6O4/c1-50-39(48)37(22-35-26-42-28-45-35)43-24-30-13-12-14-31(21-30)25-44-38(40(49)51-2)23-36-27-47(29-46-36)41(32-15-6-3-7-16-32,33-17-8-4-9-18-33)34-19-10-5-11-20-34/h3-21,26-29,37-38,43-44H,22-25H2,1-2H3,(H,42,45)/t37-,38-/m0/s1. The van der Waals surface area contributed by atoms with Gasteiger partial charge in [-0.15, -0.1) is 0 Å². The predicted octanol–water partition coefficient (Wildman–Crippen LogP) is 5.19. The molecule has 0 unspecified atom stereocenters. The van der Waals surface area contributed by atoms with Gasteiger partial charge in [-0.05, 0) is 27.8 Å². The number of hydrogen-bond acceptors (Lipinski definition) is 8. The molecule has 3 N–H and O–H groups in total. The van der Waals surface area contributed by atoms with Crippen molar-refractivity contribution >= 4 is 11.9 Å². The Labute approximate surface area is 297 Å². The molecule has 260 valence electrons. The van der Waals surface area contributed by atoms with E-state index in [1.807, 2.05) is 55.0 Å². The summed E-state index contributed by atoms with van der Waals surface area (Å²) in [6.07, 6.45) is 7.90. The van der Waals surface area contributed by atoms with Crippen LogP contribution in [-0.4, -0.2) is 57.8 Å². The van der Waals surface area contributed by atoms with Crippen LogP contribution in [-0.2, 0) is 50.5 Å². The zero-order valence-corrected chi connectivity index (χ0v) is 28.7. The van der Waals surface area contributed by atoms with Crippen LogP contribution < -0.4 is 10.6 Å². The summed E-state index contributed by atoms with van der Waals surface area (Å²) in [5.74, 6) is -0.720. The summed E-state index contributed by atoms with van der Waals surface area (Å²) in [5, 5.41) is 6.70. The summed E-state index contributed by atoms with van der Waals surface area (Å²) >= 11 is 0. The molecule has 0 spiro atoms. The van der Waals surface area contributed by atoms with Crippen molar-refractivity contribution < 1.29 is 19.1 Å². The van der Waals surface area contributed by atoms with Gasteiger partial charge in [-0.1, -0.05) is 115 Å². The number of carbonyl (C=O) groups is 2. The number of methoxy groups -OCH3 is 2. The maximum Gasteiger partial charge on any atom is 0.323 e. The van der Waals surface area contributed by atoms with Crippen LogP contribution in [0, 0.1) is 0 Å². The Morgan fingerprint density at radius 2 is 1.24 bits per heavy atom. The Morgan fingerprint density at radius 3 is 1.71 bits per heavy atom. The summed E-state index contributed by atoms with van der Waals surface area (Å²) in [7, 11) is 2.78. The van der Waals surface area contributed by atoms with Gasteiger partial charge in [0.2, 0.25) is 0 Å². The molecule has 0 aliphatic rings. The number of nitrogens with zero attached hydrogens (tertiary/aromatic N) is 3. The van der Waals surface area contributed by atoms with E-state index in [9.17, 15) is 9.59 Å². The van der Waals surface area contributed by atoms with Gasteiger partial charge in [0.15, 0.2) is 0 Å². The first-order valence-electron chi connectivity index (χ1n) is 16.9. The molecule has 0 saturated carbocycles. The molecule has 4 aromatic carbocycles. The van der Waals surface area contributed by atoms with Gasteiger partial charge >= 0.3 is 11.9 Å². The van der Waals surface area contributed by atoms with E-state index < -0.39 is 17.6 Å². The molecule has 2 heterocycles. The molecule has 0 fully saturated rings. The van der Waals surface area contributed by atoms with Gasteiger partial charge < -0.3 is 19.0 Å². The second-order valence-electron chi connectivity index (χ2n) is 12.3. The highest BCUT2D eigenvalue weighted by Crippen LogP contribution is 2.40. The molecule has 0 aliphatic heterocycles. The molecule has 0 bridgehead atoms. The SMILES string of the molecule is COC(=O)[C@H](Cc1cn(C(c2ccccc2)(c2ccccc2)c2ccccc2)cn1)NCc1cccc(CN[C@@H](Cc2cnc[nH]2)C(=O)OC)c1. The van der Waals surface area contributed by atoms with E-state index in [4.69, 9.17) is 14.5 Å². The summed E-state index contributed by atoms with van der Waals surface area (Å²) in [4.78, 5) is 37.4. The van der Waals surface area contributed by atoms with Gasteiger partial charge in [0, 0.05) is 44.0 Å². The van der Waals surface area contributed by atoms with Crippen molar-refractivity contribution in [2.24, 2.45) is 0 Å². The lowest BCUT2D eigenvalue weighted by atomic mass is 9.77. The summed E-state index contributed by atoms with van der Waals surface area (Å²) in [6.45, 7) is 0.872. The first-order valence-corrected chi connectivity index (χ1v) is 16.9. The number of rotatable bonds is 16. The maximum atomic E-state index is 13.1. The molecule has 0 radical (unpaired) electrons. The van der Waals surface area contributed by atoms with Crippen molar-refractivity contribution in [2.75, 3.05) is 14.2 Å². The van der Waals surface area contributed by atoms with Crippen LogP contribution >= 0.6 is 0 Å². The van der Waals surface area contributed by atoms with Gasteiger partial charge in [-0.25, -0.2) is 9.97 Å². The van der Waals surface area contributed by atoms with Crippen molar-refractivity contribution in [3.8, 4) is 0 Å². The Bertz CT molecular complexity index is 1880. The number of imidazole rings is 2. The second kappa shape index (κ2) is 16.7. The van der Waals surface area contributed by atoms with Gasteiger partial charge in [0.25, 0.3) is 0 Å². The van der Waals surface area contributed by atoms with Gasteiger partial charge in [-0.3, -0.25) is 20.2 Å². The highest BCUT2D eigenvalue weighted by Gasteiger charge is 2.38. The molecule has 2 aromatic heterocycles.